The maximum Gasteiger partial charge on any atom is 0.319 e. The van der Waals surface area contributed by atoms with Crippen LogP contribution in [0, 0.1) is 11.7 Å². The Bertz CT molecular complexity index is 982. The first-order chi connectivity index (χ1) is 14.9. The van der Waals surface area contributed by atoms with Crippen LogP contribution >= 0.6 is 11.6 Å². The molecule has 0 N–H and O–H groups in total. The molecule has 0 amide bonds. The third-order valence-electron chi connectivity index (χ3n) is 6.57. The molecule has 3 aliphatic rings. The van der Waals surface area contributed by atoms with Crippen molar-refractivity contribution in [2.24, 2.45) is 5.92 Å². The number of rotatable bonds is 4. The van der Waals surface area contributed by atoms with Crippen molar-refractivity contribution in [2.75, 3.05) is 50.9 Å². The van der Waals surface area contributed by atoms with Gasteiger partial charge >= 0.3 is 6.01 Å². The summed E-state index contributed by atoms with van der Waals surface area (Å²) in [6.45, 7) is 6.20. The number of hydrogen-bond acceptors (Lipinski definition) is 7. The first-order valence-electron chi connectivity index (χ1n) is 10.8. The van der Waals surface area contributed by atoms with Gasteiger partial charge in [0.2, 0.25) is 0 Å². The monoisotopic (exact) mass is 453 g/mol. The topological polar surface area (TPSA) is 63.6 Å². The Morgan fingerprint density at radius 1 is 1.32 bits per heavy atom. The fraction of sp³-hybridized carbons (Fsp3) is 0.667. The zero-order chi connectivity index (χ0) is 21.6. The van der Waals surface area contributed by atoms with Gasteiger partial charge in [0, 0.05) is 32.3 Å². The Hall–Kier alpha value is -1.84. The van der Waals surface area contributed by atoms with Crippen LogP contribution in [-0.2, 0) is 4.74 Å². The van der Waals surface area contributed by atoms with Gasteiger partial charge in [0.25, 0.3) is 0 Å². The summed E-state index contributed by atoms with van der Waals surface area (Å²) in [4.78, 5) is 17.1. The molecule has 0 saturated carbocycles. The molecule has 0 bridgehead atoms. The van der Waals surface area contributed by atoms with Gasteiger partial charge in [-0.2, -0.15) is 9.97 Å². The summed E-state index contributed by atoms with van der Waals surface area (Å²) in [5.74, 6) is 0.140. The summed E-state index contributed by atoms with van der Waals surface area (Å²) in [6.07, 6.45) is 2.98. The molecule has 3 fully saturated rings. The van der Waals surface area contributed by atoms with Crippen LogP contribution < -0.4 is 9.64 Å². The maximum absolute atomic E-state index is 14.8. The summed E-state index contributed by atoms with van der Waals surface area (Å²) in [7, 11) is 0. The Kier molecular flexibility index (Phi) is 5.60. The minimum absolute atomic E-state index is 0.0741. The lowest BCUT2D eigenvalue weighted by Gasteiger charge is -2.31. The van der Waals surface area contributed by atoms with E-state index in [2.05, 4.69) is 31.7 Å². The molecule has 2 aromatic heterocycles. The van der Waals surface area contributed by atoms with E-state index in [1.807, 2.05) is 0 Å². The average molecular weight is 454 g/mol. The molecule has 0 aliphatic carbocycles. The minimum atomic E-state index is -0.849. The van der Waals surface area contributed by atoms with Gasteiger partial charge in [0.1, 0.15) is 24.1 Å². The average Bonchev–Trinajstić information content (AvgIpc) is 3.17. The van der Waals surface area contributed by atoms with Crippen LogP contribution in [0.15, 0.2) is 6.20 Å². The lowest BCUT2D eigenvalue weighted by molar-refractivity contribution is 0.107. The predicted octanol–water partition coefficient (Wildman–Crippen LogP) is 3.25. The second-order valence-electron chi connectivity index (χ2n) is 8.95. The fourth-order valence-electron chi connectivity index (χ4n) is 5.12. The van der Waals surface area contributed by atoms with Gasteiger partial charge in [-0.15, -0.1) is 0 Å². The third kappa shape index (κ3) is 3.91. The van der Waals surface area contributed by atoms with E-state index in [0.717, 1.165) is 19.4 Å². The Balaban J connectivity index is 1.50. The van der Waals surface area contributed by atoms with Gasteiger partial charge in [-0.25, -0.2) is 13.8 Å². The van der Waals surface area contributed by atoms with E-state index in [9.17, 15) is 8.78 Å². The van der Waals surface area contributed by atoms with Crippen LogP contribution in [0.4, 0.5) is 14.6 Å². The van der Waals surface area contributed by atoms with Crippen molar-refractivity contribution in [3.8, 4) is 6.01 Å². The molecule has 3 atom stereocenters. The van der Waals surface area contributed by atoms with Crippen molar-refractivity contribution in [3.63, 3.8) is 0 Å². The summed E-state index contributed by atoms with van der Waals surface area (Å²) in [5, 5.41) is 0.237. The van der Waals surface area contributed by atoms with Crippen LogP contribution in [0.25, 0.3) is 10.9 Å². The lowest BCUT2D eigenvalue weighted by Crippen LogP contribution is -2.43. The second-order valence-corrected chi connectivity index (χ2v) is 9.30. The number of anilines is 1. The van der Waals surface area contributed by atoms with Crippen molar-refractivity contribution in [2.45, 2.75) is 37.9 Å². The quantitative estimate of drug-likeness (QED) is 0.658. The molecule has 2 aromatic rings. The normalized spacial score (nSPS) is 29.4. The Morgan fingerprint density at radius 2 is 2.19 bits per heavy atom. The highest BCUT2D eigenvalue weighted by Gasteiger charge is 2.49. The lowest BCUT2D eigenvalue weighted by atomic mass is 9.95. The highest BCUT2D eigenvalue weighted by atomic mass is 35.5. The number of halogens is 3. The molecule has 31 heavy (non-hydrogen) atoms. The molecule has 5 rings (SSSR count). The number of ether oxygens (including phenoxy) is 2. The van der Waals surface area contributed by atoms with E-state index in [1.165, 1.54) is 6.20 Å². The fourth-order valence-corrected chi connectivity index (χ4v) is 5.26. The van der Waals surface area contributed by atoms with Gasteiger partial charge in [-0.1, -0.05) is 18.5 Å². The molecule has 3 saturated heterocycles. The highest BCUT2D eigenvalue weighted by Crippen LogP contribution is 2.40. The van der Waals surface area contributed by atoms with Gasteiger partial charge in [0.15, 0.2) is 11.0 Å². The molecule has 10 heteroatoms. The van der Waals surface area contributed by atoms with Crippen LogP contribution in [-0.4, -0.2) is 77.6 Å². The molecule has 5 heterocycles. The van der Waals surface area contributed by atoms with Crippen LogP contribution in [0.2, 0.25) is 5.15 Å². The molecule has 0 spiro atoms. The number of fused-ring (bicyclic) bond motifs is 2. The summed E-state index contributed by atoms with van der Waals surface area (Å²) in [5.41, 5.74) is -0.259. The molecular formula is C21H26ClF2N5O2. The SMILES string of the molecule is CC1COCCN(c2nc(OCC34CCCN3C[C@H](F)C4)nc3c(F)c(Cl)ncc23)C1. The van der Waals surface area contributed by atoms with Crippen LogP contribution in [0.5, 0.6) is 6.01 Å². The van der Waals surface area contributed by atoms with Crippen LogP contribution in [0.3, 0.4) is 0 Å². The molecule has 0 radical (unpaired) electrons. The van der Waals surface area contributed by atoms with Crippen molar-refractivity contribution in [1.29, 1.82) is 0 Å². The standard InChI is InChI=1S/C21H26ClF2N5O2/c1-13-9-28(5-6-30-11-13)19-15-8-25-18(22)16(24)17(15)26-20(27-19)31-12-21-3-2-4-29(21)10-14(23)7-21/h8,13-14H,2-7,9-12H2,1H3/t13?,14-,21?/m1/s1. The smallest absolute Gasteiger partial charge is 0.319 e. The largest absolute Gasteiger partial charge is 0.461 e. The zero-order valence-electron chi connectivity index (χ0n) is 17.5. The number of pyridine rings is 1. The first-order valence-corrected chi connectivity index (χ1v) is 11.2. The molecule has 7 nitrogen and oxygen atoms in total. The van der Waals surface area contributed by atoms with Gasteiger partial charge in [0.05, 0.1) is 24.1 Å². The van der Waals surface area contributed by atoms with E-state index in [-0.39, 0.29) is 34.7 Å². The molecule has 0 aromatic carbocycles. The van der Waals surface area contributed by atoms with Gasteiger partial charge in [-0.3, -0.25) is 4.90 Å². The molecular weight excluding hydrogens is 428 g/mol. The molecule has 168 valence electrons. The van der Waals surface area contributed by atoms with E-state index in [4.69, 9.17) is 21.1 Å². The van der Waals surface area contributed by atoms with E-state index >= 15 is 0 Å². The minimum Gasteiger partial charge on any atom is -0.461 e. The second kappa shape index (κ2) is 8.26. The molecule has 3 aliphatic heterocycles. The number of alkyl halides is 1. The van der Waals surface area contributed by atoms with E-state index in [1.54, 1.807) is 0 Å². The summed E-state index contributed by atoms with van der Waals surface area (Å²) < 4.78 is 40.6. The van der Waals surface area contributed by atoms with Gasteiger partial charge < -0.3 is 14.4 Å². The van der Waals surface area contributed by atoms with E-state index < -0.39 is 12.0 Å². The maximum atomic E-state index is 14.8. The Morgan fingerprint density at radius 3 is 3.06 bits per heavy atom. The van der Waals surface area contributed by atoms with E-state index in [0.29, 0.717) is 50.5 Å². The number of aromatic nitrogens is 3. The molecule has 2 unspecified atom stereocenters. The number of hydrogen-bond donors (Lipinski definition) is 0. The Labute approximate surface area is 184 Å². The zero-order valence-corrected chi connectivity index (χ0v) is 18.2. The van der Waals surface area contributed by atoms with Crippen LogP contribution in [0.1, 0.15) is 26.2 Å². The third-order valence-corrected chi connectivity index (χ3v) is 6.83. The number of nitrogens with zero attached hydrogens (tertiary/aromatic N) is 5. The predicted molar refractivity (Wildman–Crippen MR) is 113 cm³/mol. The van der Waals surface area contributed by atoms with Crippen molar-refractivity contribution in [3.05, 3.63) is 17.2 Å². The van der Waals surface area contributed by atoms with Crippen molar-refractivity contribution < 1.29 is 18.3 Å². The summed E-state index contributed by atoms with van der Waals surface area (Å²) >= 11 is 5.93. The van der Waals surface area contributed by atoms with Crippen molar-refractivity contribution >= 4 is 28.3 Å². The van der Waals surface area contributed by atoms with Gasteiger partial charge in [-0.05, 0) is 25.3 Å². The van der Waals surface area contributed by atoms with Crippen molar-refractivity contribution in [1.82, 2.24) is 19.9 Å². The summed E-state index contributed by atoms with van der Waals surface area (Å²) in [6, 6.07) is 0.0741. The highest BCUT2D eigenvalue weighted by molar-refractivity contribution is 6.30. The first kappa shape index (κ1) is 21.0.